The third kappa shape index (κ3) is 8.10. The van der Waals surface area contributed by atoms with Crippen molar-refractivity contribution in [2.75, 3.05) is 26.8 Å². The monoisotopic (exact) mass is 401 g/mol. The second kappa shape index (κ2) is 12.1. The zero-order valence-electron chi connectivity index (χ0n) is 16.0. The van der Waals surface area contributed by atoms with Crippen molar-refractivity contribution in [3.05, 3.63) is 60.2 Å². The van der Waals surface area contributed by atoms with Crippen LogP contribution in [0.4, 0.5) is 5.69 Å². The van der Waals surface area contributed by atoms with Crippen LogP contribution in [0.3, 0.4) is 0 Å². The van der Waals surface area contributed by atoms with Gasteiger partial charge in [-0.05, 0) is 42.8 Å². The number of amidine groups is 2. The fourth-order valence-electron chi connectivity index (χ4n) is 2.46. The molecule has 5 N–H and O–H groups in total. The minimum absolute atomic E-state index is 0.476. The summed E-state index contributed by atoms with van der Waals surface area (Å²) in [6, 6.07) is 16.8. The molecule has 1 unspecified atom stereocenters. The number of hydrogen-bond acceptors (Lipinski definition) is 4. The molecule has 0 saturated carbocycles. The maximum absolute atomic E-state index is 11.3. The van der Waals surface area contributed by atoms with Crippen LogP contribution in [0.2, 0.25) is 0 Å². The molecule has 0 fully saturated rings. The van der Waals surface area contributed by atoms with Crippen LogP contribution >= 0.6 is 0 Å². The fourth-order valence-corrected chi connectivity index (χ4v) is 2.86. The Hall–Kier alpha value is -2.39. The Morgan fingerprint density at radius 1 is 1.14 bits per heavy atom. The second-order valence-electron chi connectivity index (χ2n) is 6.11. The number of nitrogens with two attached hydrogens (primary N) is 2. The minimum Gasteiger partial charge on any atom is -0.387 e. The Labute approximate surface area is 168 Å². The third-order valence-corrected chi connectivity index (χ3v) is 4.55. The standard InChI is InChI=1S/C20H27N5O2S/c1-27-13-5-12-23-15-20(24-17-8-10-18(11-9-17)28(22)26)25-19(21)14-16-6-3-2-4-7-16/h2-4,6-11,23H,5,12-15,22H2,1H3,(H2,21,24,25). The van der Waals surface area contributed by atoms with Crippen molar-refractivity contribution in [1.29, 1.82) is 0 Å². The summed E-state index contributed by atoms with van der Waals surface area (Å²) in [4.78, 5) is 9.63. The van der Waals surface area contributed by atoms with Crippen LogP contribution in [0.1, 0.15) is 12.0 Å². The first-order valence-corrected chi connectivity index (χ1v) is 10.2. The average molecular weight is 402 g/mol. The molecule has 0 saturated heterocycles. The van der Waals surface area contributed by atoms with Gasteiger partial charge in [0.05, 0.1) is 17.1 Å². The Morgan fingerprint density at radius 2 is 1.86 bits per heavy atom. The Morgan fingerprint density at radius 3 is 2.50 bits per heavy atom. The first-order chi connectivity index (χ1) is 13.6. The first kappa shape index (κ1) is 21.9. The lowest BCUT2D eigenvalue weighted by molar-refractivity contribution is 0.195. The molecule has 2 aromatic rings. The van der Waals surface area contributed by atoms with Gasteiger partial charge in [0.1, 0.15) is 22.7 Å². The highest BCUT2D eigenvalue weighted by molar-refractivity contribution is 7.82. The number of aliphatic imine (C=N–C) groups is 2. The van der Waals surface area contributed by atoms with Crippen molar-refractivity contribution in [2.24, 2.45) is 20.9 Å². The smallest absolute Gasteiger partial charge is 0.144 e. The molecule has 0 aliphatic carbocycles. The highest BCUT2D eigenvalue weighted by atomic mass is 32.2. The van der Waals surface area contributed by atoms with Crippen LogP contribution in [0, 0.1) is 0 Å². The van der Waals surface area contributed by atoms with Crippen LogP contribution < -0.4 is 16.2 Å². The Balaban J connectivity index is 2.12. The maximum atomic E-state index is 11.3. The lowest BCUT2D eigenvalue weighted by atomic mass is 10.1. The van der Waals surface area contributed by atoms with Crippen LogP contribution in [0.15, 0.2) is 69.5 Å². The van der Waals surface area contributed by atoms with E-state index in [4.69, 9.17) is 15.6 Å². The molecule has 7 nitrogen and oxygen atoms in total. The number of ether oxygens (including phenoxy) is 1. The van der Waals surface area contributed by atoms with Gasteiger partial charge in [-0.1, -0.05) is 30.3 Å². The molecule has 8 heteroatoms. The normalized spacial score (nSPS) is 13.5. The predicted molar refractivity (Wildman–Crippen MR) is 115 cm³/mol. The van der Waals surface area contributed by atoms with E-state index in [1.807, 2.05) is 30.3 Å². The Kier molecular flexibility index (Phi) is 9.50. The van der Waals surface area contributed by atoms with Crippen LogP contribution in [0.25, 0.3) is 0 Å². The molecule has 1 atom stereocenters. The number of methoxy groups -OCH3 is 1. The number of hydrogen-bond donors (Lipinski definition) is 3. The van der Waals surface area contributed by atoms with Crippen molar-refractivity contribution < 1.29 is 8.95 Å². The van der Waals surface area contributed by atoms with Crippen LogP contribution in [-0.2, 0) is 22.1 Å². The first-order valence-electron chi connectivity index (χ1n) is 8.99. The zero-order valence-corrected chi connectivity index (χ0v) is 16.8. The van der Waals surface area contributed by atoms with E-state index < -0.39 is 11.0 Å². The summed E-state index contributed by atoms with van der Waals surface area (Å²) < 4.78 is 16.4. The molecule has 0 aliphatic heterocycles. The van der Waals surface area contributed by atoms with E-state index in [2.05, 4.69) is 15.3 Å². The molecule has 0 amide bonds. The van der Waals surface area contributed by atoms with E-state index in [1.165, 1.54) is 0 Å². The number of rotatable bonds is 10. The summed E-state index contributed by atoms with van der Waals surface area (Å²) in [5.74, 6) is 1.07. The molecule has 28 heavy (non-hydrogen) atoms. The van der Waals surface area contributed by atoms with Crippen molar-refractivity contribution in [3.63, 3.8) is 0 Å². The fraction of sp³-hybridized carbons (Fsp3) is 0.300. The van der Waals surface area contributed by atoms with Gasteiger partial charge >= 0.3 is 0 Å². The molecular weight excluding hydrogens is 374 g/mol. The summed E-state index contributed by atoms with van der Waals surface area (Å²) in [6.07, 6.45) is 1.44. The number of benzene rings is 2. The van der Waals surface area contributed by atoms with Crippen molar-refractivity contribution >= 4 is 28.3 Å². The average Bonchev–Trinajstić information content (AvgIpc) is 2.69. The summed E-state index contributed by atoms with van der Waals surface area (Å²) in [7, 11) is 0.170. The molecule has 0 aliphatic rings. The van der Waals surface area contributed by atoms with E-state index >= 15 is 0 Å². The lowest BCUT2D eigenvalue weighted by Gasteiger charge is -2.07. The summed E-state index contributed by atoms with van der Waals surface area (Å²) in [6.45, 7) is 1.95. The van der Waals surface area contributed by atoms with Crippen molar-refractivity contribution in [3.8, 4) is 0 Å². The lowest BCUT2D eigenvalue weighted by Crippen LogP contribution is -2.26. The van der Waals surface area contributed by atoms with Gasteiger partial charge in [0.15, 0.2) is 0 Å². The van der Waals surface area contributed by atoms with Crippen LogP contribution in [-0.4, -0.2) is 42.7 Å². The molecule has 2 rings (SSSR count). The molecule has 0 heterocycles. The van der Waals surface area contributed by atoms with Gasteiger partial charge in [-0.15, -0.1) is 0 Å². The highest BCUT2D eigenvalue weighted by Gasteiger charge is 2.03. The number of nitrogens with one attached hydrogen (secondary N) is 1. The van der Waals surface area contributed by atoms with Gasteiger partial charge in [-0.3, -0.25) is 0 Å². The van der Waals surface area contributed by atoms with Gasteiger partial charge in [0.2, 0.25) is 0 Å². The molecular formula is C20H27N5O2S. The van der Waals surface area contributed by atoms with E-state index in [0.29, 0.717) is 41.8 Å². The molecule has 0 radical (unpaired) electrons. The largest absolute Gasteiger partial charge is 0.387 e. The van der Waals surface area contributed by atoms with E-state index in [9.17, 15) is 4.21 Å². The summed E-state index contributed by atoms with van der Waals surface area (Å²) in [5, 5.41) is 8.69. The van der Waals surface area contributed by atoms with Gasteiger partial charge in [-0.2, -0.15) is 0 Å². The molecule has 0 bridgehead atoms. The van der Waals surface area contributed by atoms with Crippen molar-refractivity contribution in [1.82, 2.24) is 5.32 Å². The SMILES string of the molecule is COCCCNCC(N=C(N)Cc1ccccc1)=Nc1ccc(S(N)=O)cc1. The quantitative estimate of drug-likeness (QED) is 0.320. The summed E-state index contributed by atoms with van der Waals surface area (Å²) >= 11 is 0. The maximum Gasteiger partial charge on any atom is 0.144 e. The van der Waals surface area contributed by atoms with E-state index in [-0.39, 0.29) is 0 Å². The predicted octanol–water partition coefficient (Wildman–Crippen LogP) is 1.92. The molecule has 2 aromatic carbocycles. The van der Waals surface area contributed by atoms with Gasteiger partial charge < -0.3 is 15.8 Å². The Bertz CT molecular complexity index is 807. The third-order valence-electron chi connectivity index (χ3n) is 3.81. The van der Waals surface area contributed by atoms with Gasteiger partial charge in [-0.25, -0.2) is 19.3 Å². The van der Waals surface area contributed by atoms with E-state index in [0.717, 1.165) is 18.5 Å². The second-order valence-corrected chi connectivity index (χ2v) is 7.17. The van der Waals surface area contributed by atoms with E-state index in [1.54, 1.807) is 31.4 Å². The minimum atomic E-state index is -1.51. The number of nitrogens with zero attached hydrogens (tertiary/aromatic N) is 2. The highest BCUT2D eigenvalue weighted by Crippen LogP contribution is 2.15. The molecule has 150 valence electrons. The summed E-state index contributed by atoms with van der Waals surface area (Å²) in [5.41, 5.74) is 7.92. The van der Waals surface area contributed by atoms with Gasteiger partial charge in [0, 0.05) is 20.1 Å². The van der Waals surface area contributed by atoms with Gasteiger partial charge in [0.25, 0.3) is 0 Å². The van der Waals surface area contributed by atoms with Crippen LogP contribution in [0.5, 0.6) is 0 Å². The topological polar surface area (TPSA) is 115 Å². The van der Waals surface area contributed by atoms with Crippen molar-refractivity contribution in [2.45, 2.75) is 17.7 Å². The molecule has 0 spiro atoms. The zero-order chi connectivity index (χ0) is 20.2. The molecule has 0 aromatic heterocycles.